The van der Waals surface area contributed by atoms with Gasteiger partial charge in [0.15, 0.2) is 17.6 Å². The minimum atomic E-state index is -0.492. The van der Waals surface area contributed by atoms with E-state index in [1.54, 1.807) is 0 Å². The second-order valence-corrected chi connectivity index (χ2v) is 5.61. The van der Waals surface area contributed by atoms with Crippen molar-refractivity contribution in [2.24, 2.45) is 0 Å². The normalized spacial score (nSPS) is 25.7. The number of hydrogen-bond acceptors (Lipinski definition) is 5. The third kappa shape index (κ3) is 2.26. The SMILES string of the molecule is O=C(C1COCCO1)N1CCCC1c1nnc2ccccn12. The number of fused-ring (bicyclic) bond motifs is 1. The van der Waals surface area contributed by atoms with Crippen molar-refractivity contribution in [2.45, 2.75) is 25.0 Å². The summed E-state index contributed by atoms with van der Waals surface area (Å²) in [6.07, 6.45) is 3.31. The van der Waals surface area contributed by atoms with Crippen molar-refractivity contribution in [3.8, 4) is 0 Å². The van der Waals surface area contributed by atoms with E-state index in [9.17, 15) is 4.79 Å². The zero-order chi connectivity index (χ0) is 14.9. The Bertz CT molecular complexity index is 680. The first-order valence-electron chi connectivity index (χ1n) is 7.64. The predicted molar refractivity (Wildman–Crippen MR) is 77.2 cm³/mol. The molecule has 2 aliphatic rings. The van der Waals surface area contributed by atoms with Gasteiger partial charge in [-0.15, -0.1) is 10.2 Å². The maximum absolute atomic E-state index is 12.7. The molecule has 7 heteroatoms. The van der Waals surface area contributed by atoms with Gasteiger partial charge in [0.05, 0.1) is 25.9 Å². The number of carbonyl (C=O) groups excluding carboxylic acids is 1. The monoisotopic (exact) mass is 302 g/mol. The van der Waals surface area contributed by atoms with Crippen LogP contribution in [0.4, 0.5) is 0 Å². The van der Waals surface area contributed by atoms with Gasteiger partial charge in [0.2, 0.25) is 0 Å². The molecule has 0 aromatic carbocycles. The van der Waals surface area contributed by atoms with E-state index in [0.717, 1.165) is 30.9 Å². The maximum Gasteiger partial charge on any atom is 0.254 e. The number of rotatable bonds is 2. The molecule has 0 N–H and O–H groups in total. The molecular weight excluding hydrogens is 284 g/mol. The topological polar surface area (TPSA) is 69.0 Å². The molecule has 2 saturated heterocycles. The molecule has 0 spiro atoms. The molecule has 2 unspecified atom stereocenters. The van der Waals surface area contributed by atoms with Gasteiger partial charge in [-0.3, -0.25) is 9.20 Å². The molecule has 4 heterocycles. The molecule has 0 radical (unpaired) electrons. The lowest BCUT2D eigenvalue weighted by Gasteiger charge is -2.29. The van der Waals surface area contributed by atoms with Crippen molar-refractivity contribution in [3.63, 3.8) is 0 Å². The lowest BCUT2D eigenvalue weighted by atomic mass is 10.2. The smallest absolute Gasteiger partial charge is 0.254 e. The number of carbonyl (C=O) groups is 1. The van der Waals surface area contributed by atoms with Crippen molar-refractivity contribution in [2.75, 3.05) is 26.4 Å². The molecule has 116 valence electrons. The minimum absolute atomic E-state index is 0.00474. The third-order valence-electron chi connectivity index (χ3n) is 4.27. The molecule has 2 atom stereocenters. The first-order chi connectivity index (χ1) is 10.8. The first kappa shape index (κ1) is 13.7. The van der Waals surface area contributed by atoms with Gasteiger partial charge in [-0.1, -0.05) is 6.07 Å². The highest BCUT2D eigenvalue weighted by molar-refractivity contribution is 5.81. The second kappa shape index (κ2) is 5.66. The van der Waals surface area contributed by atoms with E-state index in [4.69, 9.17) is 9.47 Å². The molecular formula is C15H18N4O3. The molecule has 2 aromatic heterocycles. The van der Waals surface area contributed by atoms with E-state index < -0.39 is 6.10 Å². The first-order valence-corrected chi connectivity index (χ1v) is 7.64. The Morgan fingerprint density at radius 2 is 2.23 bits per heavy atom. The highest BCUT2D eigenvalue weighted by atomic mass is 16.6. The summed E-state index contributed by atoms with van der Waals surface area (Å²) in [4.78, 5) is 14.6. The molecule has 1 amide bonds. The van der Waals surface area contributed by atoms with Crippen LogP contribution in [-0.4, -0.2) is 57.9 Å². The summed E-state index contributed by atoms with van der Waals surface area (Å²) in [6.45, 7) is 2.10. The molecule has 0 aliphatic carbocycles. The van der Waals surface area contributed by atoms with Crippen LogP contribution in [0.5, 0.6) is 0 Å². The standard InChI is InChI=1S/C15H18N4O3/c20-15(12-10-21-8-9-22-12)18-7-3-4-11(18)14-17-16-13-5-1-2-6-19(13)14/h1-2,5-6,11-12H,3-4,7-10H2. The summed E-state index contributed by atoms with van der Waals surface area (Å²) in [6, 6.07) is 5.74. The number of ether oxygens (including phenoxy) is 2. The Hall–Kier alpha value is -1.99. The second-order valence-electron chi connectivity index (χ2n) is 5.61. The van der Waals surface area contributed by atoms with E-state index in [0.29, 0.717) is 19.8 Å². The summed E-state index contributed by atoms with van der Waals surface area (Å²) in [5.41, 5.74) is 0.800. The number of nitrogens with zero attached hydrogens (tertiary/aromatic N) is 4. The molecule has 7 nitrogen and oxygen atoms in total. The number of pyridine rings is 1. The van der Waals surface area contributed by atoms with Crippen molar-refractivity contribution < 1.29 is 14.3 Å². The van der Waals surface area contributed by atoms with Crippen LogP contribution in [0.2, 0.25) is 0 Å². The predicted octanol–water partition coefficient (Wildman–Crippen LogP) is 0.808. The van der Waals surface area contributed by atoms with Crippen molar-refractivity contribution in [3.05, 3.63) is 30.2 Å². The van der Waals surface area contributed by atoms with Gasteiger partial charge in [0, 0.05) is 12.7 Å². The molecule has 2 fully saturated rings. The molecule has 4 rings (SSSR count). The number of aromatic nitrogens is 3. The fourth-order valence-electron chi connectivity index (χ4n) is 3.20. The highest BCUT2D eigenvalue weighted by Gasteiger charge is 2.37. The zero-order valence-corrected chi connectivity index (χ0v) is 12.2. The van der Waals surface area contributed by atoms with Gasteiger partial charge in [-0.2, -0.15) is 0 Å². The molecule has 0 saturated carbocycles. The Morgan fingerprint density at radius 1 is 1.27 bits per heavy atom. The van der Waals surface area contributed by atoms with Crippen molar-refractivity contribution in [1.82, 2.24) is 19.5 Å². The summed E-state index contributed by atoms with van der Waals surface area (Å²) >= 11 is 0. The highest BCUT2D eigenvalue weighted by Crippen LogP contribution is 2.32. The Balaban J connectivity index is 1.62. The minimum Gasteiger partial charge on any atom is -0.376 e. The van der Waals surface area contributed by atoms with Gasteiger partial charge in [0.25, 0.3) is 5.91 Å². The van der Waals surface area contributed by atoms with Gasteiger partial charge < -0.3 is 14.4 Å². The molecule has 22 heavy (non-hydrogen) atoms. The number of hydrogen-bond donors (Lipinski definition) is 0. The Morgan fingerprint density at radius 3 is 3.09 bits per heavy atom. The van der Waals surface area contributed by atoms with Crippen LogP contribution < -0.4 is 0 Å². The molecule has 2 aliphatic heterocycles. The summed E-state index contributed by atoms with van der Waals surface area (Å²) in [5.74, 6) is 0.813. The zero-order valence-electron chi connectivity index (χ0n) is 12.2. The van der Waals surface area contributed by atoms with E-state index in [1.807, 2.05) is 33.7 Å². The van der Waals surface area contributed by atoms with E-state index >= 15 is 0 Å². The average Bonchev–Trinajstić information content (AvgIpc) is 3.21. The maximum atomic E-state index is 12.7. The summed E-state index contributed by atoms with van der Waals surface area (Å²) in [5, 5.41) is 8.49. The molecule has 0 bridgehead atoms. The molecule has 2 aromatic rings. The van der Waals surface area contributed by atoms with Gasteiger partial charge >= 0.3 is 0 Å². The third-order valence-corrected chi connectivity index (χ3v) is 4.27. The Kier molecular flexibility index (Phi) is 3.51. The van der Waals surface area contributed by atoms with Crippen LogP contribution in [0.1, 0.15) is 24.7 Å². The lowest BCUT2D eigenvalue weighted by Crippen LogP contribution is -2.45. The fraction of sp³-hybridized carbons (Fsp3) is 0.533. The number of amides is 1. The van der Waals surface area contributed by atoms with Gasteiger partial charge in [-0.25, -0.2) is 0 Å². The van der Waals surface area contributed by atoms with Crippen LogP contribution in [0.15, 0.2) is 24.4 Å². The van der Waals surface area contributed by atoms with E-state index in [2.05, 4.69) is 10.2 Å². The van der Waals surface area contributed by atoms with Crippen LogP contribution in [0.3, 0.4) is 0 Å². The Labute approximate surface area is 127 Å². The lowest BCUT2D eigenvalue weighted by molar-refractivity contribution is -0.159. The van der Waals surface area contributed by atoms with E-state index in [1.165, 1.54) is 0 Å². The fourth-order valence-corrected chi connectivity index (χ4v) is 3.20. The largest absolute Gasteiger partial charge is 0.376 e. The summed E-state index contributed by atoms with van der Waals surface area (Å²) in [7, 11) is 0. The quantitative estimate of drug-likeness (QED) is 0.821. The van der Waals surface area contributed by atoms with Crippen LogP contribution in [0.25, 0.3) is 5.65 Å². The van der Waals surface area contributed by atoms with Gasteiger partial charge in [0.1, 0.15) is 0 Å². The van der Waals surface area contributed by atoms with Crippen molar-refractivity contribution >= 4 is 11.6 Å². The average molecular weight is 302 g/mol. The van der Waals surface area contributed by atoms with Crippen LogP contribution in [0, 0.1) is 0 Å². The van der Waals surface area contributed by atoms with Crippen LogP contribution in [-0.2, 0) is 14.3 Å². The number of likely N-dealkylation sites (tertiary alicyclic amines) is 1. The van der Waals surface area contributed by atoms with Crippen molar-refractivity contribution in [1.29, 1.82) is 0 Å². The summed E-state index contributed by atoms with van der Waals surface area (Å²) < 4.78 is 12.9. The van der Waals surface area contributed by atoms with E-state index in [-0.39, 0.29) is 11.9 Å². The van der Waals surface area contributed by atoms with Gasteiger partial charge in [-0.05, 0) is 25.0 Å². The van der Waals surface area contributed by atoms with Crippen LogP contribution >= 0.6 is 0 Å².